The molecule has 0 unspecified atom stereocenters. The van der Waals surface area contributed by atoms with Gasteiger partial charge in [-0.2, -0.15) is 0 Å². The second-order valence-electron chi connectivity index (χ2n) is 7.34. The number of benzene rings is 3. The summed E-state index contributed by atoms with van der Waals surface area (Å²) in [6.07, 6.45) is 0. The molecule has 0 aliphatic carbocycles. The van der Waals surface area contributed by atoms with Crippen molar-refractivity contribution in [2.24, 2.45) is 0 Å². The van der Waals surface area contributed by atoms with Crippen LogP contribution in [0.2, 0.25) is 5.02 Å². The Kier molecular flexibility index (Phi) is 4.76. The van der Waals surface area contributed by atoms with Crippen LogP contribution in [0.4, 0.5) is 4.39 Å². The first-order valence-electron chi connectivity index (χ1n) is 9.62. The number of hydrogen-bond acceptors (Lipinski definition) is 3. The topological polar surface area (TPSA) is 44.0 Å². The number of thiophene rings is 1. The van der Waals surface area contributed by atoms with Crippen LogP contribution in [0.15, 0.2) is 76.3 Å². The summed E-state index contributed by atoms with van der Waals surface area (Å²) in [6.45, 7) is 2.03. The van der Waals surface area contributed by atoms with Crippen molar-refractivity contribution in [1.82, 2.24) is 9.13 Å². The quantitative estimate of drug-likeness (QED) is 0.363. The van der Waals surface area contributed by atoms with E-state index in [1.807, 2.05) is 31.2 Å². The second-order valence-corrected chi connectivity index (χ2v) is 8.83. The molecule has 0 fully saturated rings. The van der Waals surface area contributed by atoms with Gasteiger partial charge in [0.05, 0.1) is 17.7 Å². The van der Waals surface area contributed by atoms with Gasteiger partial charge in [-0.25, -0.2) is 13.8 Å². The molecule has 0 radical (unpaired) electrons. The Bertz CT molecular complexity index is 1580. The van der Waals surface area contributed by atoms with Gasteiger partial charge >= 0.3 is 5.69 Å². The zero-order chi connectivity index (χ0) is 21.7. The third kappa shape index (κ3) is 3.28. The number of hydrogen-bond donors (Lipinski definition) is 0. The predicted octanol–water partition coefficient (Wildman–Crippen LogP) is 5.52. The van der Waals surface area contributed by atoms with E-state index in [1.165, 1.54) is 28.0 Å². The van der Waals surface area contributed by atoms with Crippen LogP contribution in [-0.4, -0.2) is 9.13 Å². The minimum absolute atomic E-state index is 0.205. The van der Waals surface area contributed by atoms with Crippen LogP contribution < -0.4 is 11.2 Å². The van der Waals surface area contributed by atoms with Gasteiger partial charge in [0.25, 0.3) is 5.56 Å². The maximum Gasteiger partial charge on any atom is 0.336 e. The van der Waals surface area contributed by atoms with Crippen LogP contribution in [0.1, 0.15) is 11.1 Å². The Balaban J connectivity index is 1.90. The van der Waals surface area contributed by atoms with Crippen molar-refractivity contribution in [3.8, 4) is 5.69 Å². The third-order valence-electron chi connectivity index (χ3n) is 5.32. The van der Waals surface area contributed by atoms with E-state index in [4.69, 9.17) is 11.6 Å². The highest BCUT2D eigenvalue weighted by Gasteiger charge is 2.20. The molecule has 0 amide bonds. The van der Waals surface area contributed by atoms with Crippen LogP contribution in [0.3, 0.4) is 0 Å². The zero-order valence-electron chi connectivity index (χ0n) is 16.4. The summed E-state index contributed by atoms with van der Waals surface area (Å²) in [4.78, 5) is 27.2. The monoisotopic (exact) mass is 450 g/mol. The number of aryl methyl sites for hydroxylation is 1. The molecule has 0 saturated carbocycles. The molecule has 5 rings (SSSR count). The molecule has 7 heteroatoms. The Morgan fingerprint density at radius 3 is 2.52 bits per heavy atom. The third-order valence-corrected chi connectivity index (χ3v) is 6.71. The van der Waals surface area contributed by atoms with E-state index in [-0.39, 0.29) is 17.9 Å². The first-order chi connectivity index (χ1) is 14.9. The molecule has 2 aromatic heterocycles. The van der Waals surface area contributed by atoms with E-state index in [9.17, 15) is 14.0 Å². The number of aromatic nitrogens is 2. The summed E-state index contributed by atoms with van der Waals surface area (Å²) in [6, 6.07) is 18.8. The lowest BCUT2D eigenvalue weighted by Crippen LogP contribution is -2.39. The standard InChI is InChI=1S/C24H16ClFN2O2S/c1-14-6-9-16(25)12-19(14)28-23(29)22-21(18-4-2-3-5-20(18)31-22)27(24(28)30)13-15-7-10-17(26)11-8-15/h2-12H,13H2,1H3. The van der Waals surface area contributed by atoms with Crippen molar-refractivity contribution in [2.45, 2.75) is 13.5 Å². The van der Waals surface area contributed by atoms with Gasteiger partial charge in [-0.3, -0.25) is 9.36 Å². The zero-order valence-corrected chi connectivity index (χ0v) is 18.0. The van der Waals surface area contributed by atoms with Gasteiger partial charge in [-0.1, -0.05) is 48.0 Å². The van der Waals surface area contributed by atoms with Gasteiger partial charge in [0.15, 0.2) is 0 Å². The number of rotatable bonds is 3. The predicted molar refractivity (Wildman–Crippen MR) is 124 cm³/mol. The van der Waals surface area contributed by atoms with Crippen LogP contribution in [-0.2, 0) is 6.54 Å². The lowest BCUT2D eigenvalue weighted by atomic mass is 10.2. The second kappa shape index (κ2) is 7.48. The molecule has 0 atom stereocenters. The summed E-state index contributed by atoms with van der Waals surface area (Å²) in [5.74, 6) is -0.346. The van der Waals surface area contributed by atoms with Gasteiger partial charge in [0, 0.05) is 15.1 Å². The Morgan fingerprint density at radius 1 is 1.00 bits per heavy atom. The largest absolute Gasteiger partial charge is 0.336 e. The van der Waals surface area contributed by atoms with E-state index in [2.05, 4.69) is 0 Å². The molecule has 4 nitrogen and oxygen atoms in total. The molecule has 154 valence electrons. The number of nitrogens with zero attached hydrogens (tertiary/aromatic N) is 2. The molecule has 0 aliphatic rings. The molecule has 0 aliphatic heterocycles. The van der Waals surface area contributed by atoms with Gasteiger partial charge in [-0.15, -0.1) is 11.3 Å². The fourth-order valence-corrected chi connectivity index (χ4v) is 5.11. The lowest BCUT2D eigenvalue weighted by Gasteiger charge is -2.14. The van der Waals surface area contributed by atoms with E-state index in [0.29, 0.717) is 20.9 Å². The van der Waals surface area contributed by atoms with Crippen molar-refractivity contribution in [3.63, 3.8) is 0 Å². The highest BCUT2D eigenvalue weighted by molar-refractivity contribution is 7.25. The molecule has 5 aromatic rings. The molecule has 3 aromatic carbocycles. The first-order valence-corrected chi connectivity index (χ1v) is 10.8. The van der Waals surface area contributed by atoms with Crippen LogP contribution >= 0.6 is 22.9 Å². The SMILES string of the molecule is Cc1ccc(Cl)cc1-n1c(=O)c2sc3ccccc3c2n(Cc2ccc(F)cc2)c1=O. The molecule has 0 spiro atoms. The highest BCUT2D eigenvalue weighted by atomic mass is 35.5. The van der Waals surface area contributed by atoms with Gasteiger partial charge in [0.2, 0.25) is 0 Å². The first kappa shape index (κ1) is 19.7. The van der Waals surface area contributed by atoms with Crippen molar-refractivity contribution in [1.29, 1.82) is 0 Å². The van der Waals surface area contributed by atoms with E-state index in [1.54, 1.807) is 34.9 Å². The summed E-state index contributed by atoms with van der Waals surface area (Å²) in [7, 11) is 0. The van der Waals surface area contributed by atoms with Crippen molar-refractivity contribution >= 4 is 43.2 Å². The Labute approximate surface area is 185 Å². The fourth-order valence-electron chi connectivity index (χ4n) is 3.80. The Morgan fingerprint density at radius 2 is 1.74 bits per heavy atom. The Hall–Kier alpha value is -3.22. The molecule has 2 heterocycles. The van der Waals surface area contributed by atoms with E-state index < -0.39 is 5.69 Å². The summed E-state index contributed by atoms with van der Waals surface area (Å²) >= 11 is 7.54. The minimum atomic E-state index is -0.462. The normalized spacial score (nSPS) is 11.5. The molecule has 0 saturated heterocycles. The maximum absolute atomic E-state index is 13.7. The average Bonchev–Trinajstić information content (AvgIpc) is 3.15. The summed E-state index contributed by atoms with van der Waals surface area (Å²) < 4.78 is 17.6. The van der Waals surface area contributed by atoms with Crippen LogP contribution in [0.5, 0.6) is 0 Å². The molecule has 31 heavy (non-hydrogen) atoms. The highest BCUT2D eigenvalue weighted by Crippen LogP contribution is 2.31. The van der Waals surface area contributed by atoms with Crippen molar-refractivity contribution in [3.05, 3.63) is 110 Å². The molecule has 0 bridgehead atoms. The van der Waals surface area contributed by atoms with E-state index in [0.717, 1.165) is 21.2 Å². The minimum Gasteiger partial charge on any atom is -0.287 e. The van der Waals surface area contributed by atoms with Gasteiger partial charge in [-0.05, 0) is 48.4 Å². The molecule has 0 N–H and O–H groups in total. The van der Waals surface area contributed by atoms with Gasteiger partial charge < -0.3 is 0 Å². The van der Waals surface area contributed by atoms with Crippen molar-refractivity contribution in [2.75, 3.05) is 0 Å². The molecular formula is C24H16ClFN2O2S. The number of fused-ring (bicyclic) bond motifs is 3. The fraction of sp³-hybridized carbons (Fsp3) is 0.0833. The van der Waals surface area contributed by atoms with Crippen LogP contribution in [0.25, 0.3) is 26.0 Å². The number of halogens is 2. The lowest BCUT2D eigenvalue weighted by molar-refractivity contribution is 0.625. The van der Waals surface area contributed by atoms with Crippen LogP contribution in [0, 0.1) is 12.7 Å². The average molecular weight is 451 g/mol. The maximum atomic E-state index is 13.7. The van der Waals surface area contributed by atoms with Gasteiger partial charge in [0.1, 0.15) is 10.5 Å². The smallest absolute Gasteiger partial charge is 0.287 e. The van der Waals surface area contributed by atoms with E-state index >= 15 is 0 Å². The molecular weight excluding hydrogens is 435 g/mol. The van der Waals surface area contributed by atoms with Crippen molar-refractivity contribution < 1.29 is 4.39 Å². The summed E-state index contributed by atoms with van der Waals surface area (Å²) in [5.41, 5.74) is 1.73. The summed E-state index contributed by atoms with van der Waals surface area (Å²) in [5, 5.41) is 1.28.